The van der Waals surface area contributed by atoms with Crippen LogP contribution in [0.3, 0.4) is 0 Å². The minimum atomic E-state index is -0.751. The van der Waals surface area contributed by atoms with Gasteiger partial charge in [0.25, 0.3) is 0 Å². The van der Waals surface area contributed by atoms with Gasteiger partial charge < -0.3 is 19.8 Å². The maximum Gasteiger partial charge on any atom is 0.357 e. The van der Waals surface area contributed by atoms with Gasteiger partial charge in [-0.15, -0.1) is 0 Å². The van der Waals surface area contributed by atoms with E-state index in [1.54, 1.807) is 24.3 Å². The highest BCUT2D eigenvalue weighted by Gasteiger charge is 2.23. The van der Waals surface area contributed by atoms with Crippen LogP contribution >= 0.6 is 0 Å². The molecule has 0 bridgehead atoms. The van der Waals surface area contributed by atoms with Crippen molar-refractivity contribution >= 4 is 11.7 Å². The molecule has 26 heavy (non-hydrogen) atoms. The molecule has 1 heterocycles. The second kappa shape index (κ2) is 6.99. The van der Waals surface area contributed by atoms with Crippen LogP contribution in [0.1, 0.15) is 16.1 Å². The summed E-state index contributed by atoms with van der Waals surface area (Å²) < 4.78 is 25.7. The zero-order valence-corrected chi connectivity index (χ0v) is 13.8. The molecule has 1 aromatic heterocycles. The van der Waals surface area contributed by atoms with Crippen molar-refractivity contribution in [1.29, 1.82) is 5.26 Å². The molecule has 0 atom stereocenters. The monoisotopic (exact) mass is 351 g/mol. The van der Waals surface area contributed by atoms with E-state index >= 15 is 0 Å². The van der Waals surface area contributed by atoms with E-state index in [1.807, 2.05) is 12.1 Å². The fourth-order valence-electron chi connectivity index (χ4n) is 2.49. The summed E-state index contributed by atoms with van der Waals surface area (Å²) >= 11 is 0. The topological polar surface area (TPSA) is 90.3 Å². The van der Waals surface area contributed by atoms with E-state index < -0.39 is 11.8 Å². The first-order valence-corrected chi connectivity index (χ1v) is 7.57. The summed E-state index contributed by atoms with van der Waals surface area (Å²) in [5.74, 6) is -0.483. The number of hydrogen-bond donors (Lipinski definition) is 1. The predicted molar refractivity (Wildman–Crippen MR) is 92.7 cm³/mol. The standard InChI is InChI=1S/C19H14FN3O3/c1-25-19(24)18-17(22)12(10-21)11-23(18)15-9-13(20)7-8-16(15)26-14-5-3-2-4-6-14/h2-9,11H,22H2,1H3. The summed E-state index contributed by atoms with van der Waals surface area (Å²) in [6, 6.07) is 14.6. The molecule has 130 valence electrons. The van der Waals surface area contributed by atoms with Crippen LogP contribution in [0.15, 0.2) is 54.7 Å². The van der Waals surface area contributed by atoms with E-state index in [1.165, 1.54) is 36.1 Å². The van der Waals surface area contributed by atoms with Crippen molar-refractivity contribution in [2.75, 3.05) is 12.8 Å². The number of nitrogens with two attached hydrogens (primary N) is 1. The molecule has 0 saturated heterocycles. The van der Waals surface area contributed by atoms with E-state index in [-0.39, 0.29) is 28.4 Å². The quantitative estimate of drug-likeness (QED) is 0.725. The van der Waals surface area contributed by atoms with Gasteiger partial charge in [0, 0.05) is 12.3 Å². The summed E-state index contributed by atoms with van der Waals surface area (Å²) in [5.41, 5.74) is 6.05. The Balaban J connectivity index is 2.20. The van der Waals surface area contributed by atoms with E-state index in [4.69, 9.17) is 15.2 Å². The van der Waals surface area contributed by atoms with Gasteiger partial charge in [0.2, 0.25) is 0 Å². The lowest BCUT2D eigenvalue weighted by atomic mass is 10.2. The predicted octanol–water partition coefficient (Wildman–Crippen LogP) is 3.65. The molecular weight excluding hydrogens is 337 g/mol. The Hall–Kier alpha value is -3.79. The zero-order valence-electron chi connectivity index (χ0n) is 13.8. The van der Waals surface area contributed by atoms with Crippen LogP contribution in [-0.2, 0) is 4.74 Å². The SMILES string of the molecule is COC(=O)c1c(N)c(C#N)cn1-c1cc(F)ccc1Oc1ccccc1. The molecular formula is C19H14FN3O3. The number of carbonyl (C=O) groups excluding carboxylic acids is 1. The normalized spacial score (nSPS) is 10.2. The third-order valence-corrected chi connectivity index (χ3v) is 3.70. The number of hydrogen-bond acceptors (Lipinski definition) is 5. The Kier molecular flexibility index (Phi) is 4.58. The number of aromatic nitrogens is 1. The number of benzene rings is 2. The van der Waals surface area contributed by atoms with Gasteiger partial charge in [-0.1, -0.05) is 18.2 Å². The molecule has 0 unspecified atom stereocenters. The van der Waals surface area contributed by atoms with Crippen molar-refractivity contribution in [3.05, 3.63) is 71.8 Å². The molecule has 6 nitrogen and oxygen atoms in total. The number of nitriles is 1. The molecule has 0 saturated carbocycles. The van der Waals surface area contributed by atoms with Crippen LogP contribution in [0.5, 0.6) is 11.5 Å². The third-order valence-electron chi connectivity index (χ3n) is 3.70. The van der Waals surface area contributed by atoms with Gasteiger partial charge in [0.1, 0.15) is 17.6 Å². The van der Waals surface area contributed by atoms with E-state index in [2.05, 4.69) is 0 Å². The number of para-hydroxylation sites is 1. The number of anilines is 1. The van der Waals surface area contributed by atoms with Gasteiger partial charge in [0.05, 0.1) is 24.0 Å². The van der Waals surface area contributed by atoms with Crippen LogP contribution in [0, 0.1) is 17.1 Å². The fraction of sp³-hybridized carbons (Fsp3) is 0.0526. The molecule has 0 amide bonds. The summed E-state index contributed by atoms with van der Waals surface area (Å²) in [4.78, 5) is 12.1. The lowest BCUT2D eigenvalue weighted by Gasteiger charge is -2.14. The fourth-order valence-corrected chi connectivity index (χ4v) is 2.49. The Morgan fingerprint density at radius 3 is 2.62 bits per heavy atom. The van der Waals surface area contributed by atoms with Crippen molar-refractivity contribution in [3.63, 3.8) is 0 Å². The van der Waals surface area contributed by atoms with E-state index in [0.29, 0.717) is 5.75 Å². The molecule has 2 N–H and O–H groups in total. The molecule has 0 aliphatic heterocycles. The van der Waals surface area contributed by atoms with Crippen LogP contribution < -0.4 is 10.5 Å². The highest BCUT2D eigenvalue weighted by atomic mass is 19.1. The van der Waals surface area contributed by atoms with Crippen molar-refractivity contribution in [2.45, 2.75) is 0 Å². The Labute approximate surface area is 148 Å². The number of esters is 1. The average molecular weight is 351 g/mol. The Morgan fingerprint density at radius 1 is 1.23 bits per heavy atom. The zero-order chi connectivity index (χ0) is 18.7. The van der Waals surface area contributed by atoms with Gasteiger partial charge in [0.15, 0.2) is 11.4 Å². The summed E-state index contributed by atoms with van der Waals surface area (Å²) in [7, 11) is 1.19. The second-order valence-electron chi connectivity index (χ2n) is 5.31. The van der Waals surface area contributed by atoms with Crippen LogP contribution in [0.25, 0.3) is 5.69 Å². The molecule has 0 aliphatic rings. The molecule has 3 aromatic rings. The molecule has 7 heteroatoms. The summed E-state index contributed by atoms with van der Waals surface area (Å²) in [6.45, 7) is 0. The first-order valence-electron chi connectivity index (χ1n) is 7.57. The average Bonchev–Trinajstić information content (AvgIpc) is 2.99. The summed E-state index contributed by atoms with van der Waals surface area (Å²) in [6.07, 6.45) is 1.34. The van der Waals surface area contributed by atoms with E-state index in [0.717, 1.165) is 0 Å². The Morgan fingerprint density at radius 2 is 1.96 bits per heavy atom. The van der Waals surface area contributed by atoms with E-state index in [9.17, 15) is 14.4 Å². The number of halogens is 1. The van der Waals surface area contributed by atoms with Crippen molar-refractivity contribution in [3.8, 4) is 23.3 Å². The molecule has 3 rings (SSSR count). The van der Waals surface area contributed by atoms with Crippen LogP contribution in [0.4, 0.5) is 10.1 Å². The molecule has 0 spiro atoms. The first-order chi connectivity index (χ1) is 12.5. The number of carbonyl (C=O) groups is 1. The van der Waals surface area contributed by atoms with Gasteiger partial charge >= 0.3 is 5.97 Å². The molecule has 0 aliphatic carbocycles. The first kappa shape index (κ1) is 17.0. The minimum Gasteiger partial charge on any atom is -0.464 e. The number of nitrogens with zero attached hydrogens (tertiary/aromatic N) is 2. The van der Waals surface area contributed by atoms with Crippen molar-refractivity contribution in [1.82, 2.24) is 4.57 Å². The number of methoxy groups -OCH3 is 1. The summed E-state index contributed by atoms with van der Waals surface area (Å²) in [5, 5.41) is 9.22. The van der Waals surface area contributed by atoms with Gasteiger partial charge in [-0.3, -0.25) is 0 Å². The maximum absolute atomic E-state index is 13.9. The lowest BCUT2D eigenvalue weighted by molar-refractivity contribution is 0.0593. The number of rotatable bonds is 4. The van der Waals surface area contributed by atoms with Gasteiger partial charge in [-0.25, -0.2) is 9.18 Å². The Bertz CT molecular complexity index is 1010. The number of nitrogen functional groups attached to an aromatic ring is 1. The highest BCUT2D eigenvalue weighted by Crippen LogP contribution is 2.33. The maximum atomic E-state index is 13.9. The molecule has 0 radical (unpaired) electrons. The molecule has 2 aromatic carbocycles. The smallest absolute Gasteiger partial charge is 0.357 e. The van der Waals surface area contributed by atoms with Crippen LogP contribution in [-0.4, -0.2) is 17.6 Å². The van der Waals surface area contributed by atoms with Crippen LogP contribution in [0.2, 0.25) is 0 Å². The lowest BCUT2D eigenvalue weighted by Crippen LogP contribution is -2.11. The van der Waals surface area contributed by atoms with Gasteiger partial charge in [-0.05, 0) is 24.3 Å². The molecule has 0 fully saturated rings. The highest BCUT2D eigenvalue weighted by molar-refractivity contribution is 5.96. The largest absolute Gasteiger partial charge is 0.464 e. The number of ether oxygens (including phenoxy) is 2. The second-order valence-corrected chi connectivity index (χ2v) is 5.31. The van der Waals surface area contributed by atoms with Crippen molar-refractivity contribution in [2.24, 2.45) is 0 Å². The van der Waals surface area contributed by atoms with Gasteiger partial charge in [-0.2, -0.15) is 5.26 Å². The van der Waals surface area contributed by atoms with Crippen molar-refractivity contribution < 1.29 is 18.7 Å². The third kappa shape index (κ3) is 3.08. The minimum absolute atomic E-state index is 0.0470.